The summed E-state index contributed by atoms with van der Waals surface area (Å²) in [5.41, 5.74) is 3.42. The lowest BCUT2D eigenvalue weighted by Gasteiger charge is -2.25. The van der Waals surface area contributed by atoms with E-state index in [-0.39, 0.29) is 23.9 Å². The lowest BCUT2D eigenvalue weighted by atomic mass is 9.96. The molecule has 47 heavy (non-hydrogen) atoms. The normalized spacial score (nSPS) is 14.8. The minimum atomic E-state index is -3.69. The molecule has 0 spiro atoms. The van der Waals surface area contributed by atoms with E-state index in [2.05, 4.69) is 16.0 Å². The predicted molar refractivity (Wildman–Crippen MR) is 186 cm³/mol. The summed E-state index contributed by atoms with van der Waals surface area (Å²) < 4.78 is 47.8. The highest BCUT2D eigenvalue weighted by Crippen LogP contribution is 2.41. The number of carbonyl (C=O) groups excluding carboxylic acids is 2. The lowest BCUT2D eigenvalue weighted by Crippen LogP contribution is -2.40. The average Bonchev–Trinajstić information content (AvgIpc) is 3.37. The van der Waals surface area contributed by atoms with Crippen LogP contribution in [0.1, 0.15) is 80.0 Å². The molecule has 0 radical (unpaired) electrons. The third-order valence-corrected chi connectivity index (χ3v) is 9.35. The van der Waals surface area contributed by atoms with E-state index in [4.69, 9.17) is 4.42 Å². The van der Waals surface area contributed by atoms with Crippen LogP contribution in [0.4, 0.5) is 15.8 Å². The minimum absolute atomic E-state index is 0.285. The van der Waals surface area contributed by atoms with Crippen molar-refractivity contribution in [2.24, 2.45) is 0 Å². The Labute approximate surface area is 276 Å². The van der Waals surface area contributed by atoms with E-state index in [1.807, 2.05) is 32.9 Å². The summed E-state index contributed by atoms with van der Waals surface area (Å²) in [4.78, 5) is 26.9. The van der Waals surface area contributed by atoms with E-state index >= 15 is 0 Å². The van der Waals surface area contributed by atoms with Crippen LogP contribution >= 0.6 is 0 Å². The number of nitrogens with one attached hydrogen (secondary N) is 3. The van der Waals surface area contributed by atoms with Gasteiger partial charge >= 0.3 is 0 Å². The number of fused-ring (bicyclic) bond motifs is 5. The summed E-state index contributed by atoms with van der Waals surface area (Å²) in [6, 6.07) is 14.6. The molecule has 2 heterocycles. The number of anilines is 2. The van der Waals surface area contributed by atoms with Gasteiger partial charge in [0, 0.05) is 59.5 Å². The minimum Gasteiger partial charge on any atom is -0.455 e. The third kappa shape index (κ3) is 7.96. The second kappa shape index (κ2) is 13.8. The van der Waals surface area contributed by atoms with E-state index < -0.39 is 21.4 Å². The Morgan fingerprint density at radius 2 is 1.57 bits per heavy atom. The second-order valence-corrected chi connectivity index (χ2v) is 15.0. The van der Waals surface area contributed by atoms with Crippen LogP contribution in [-0.4, -0.2) is 52.2 Å². The van der Waals surface area contributed by atoms with Crippen LogP contribution in [0.15, 0.2) is 59.0 Å². The van der Waals surface area contributed by atoms with Gasteiger partial charge in [-0.1, -0.05) is 25.7 Å². The number of hydrogen-bond donors (Lipinski definition) is 3. The van der Waals surface area contributed by atoms with Gasteiger partial charge in [-0.3, -0.25) is 13.9 Å². The van der Waals surface area contributed by atoms with Crippen molar-refractivity contribution in [1.82, 2.24) is 10.6 Å². The largest absolute Gasteiger partial charge is 0.455 e. The number of rotatable bonds is 4. The molecule has 1 aromatic heterocycles. The van der Waals surface area contributed by atoms with Crippen molar-refractivity contribution in [2.75, 3.05) is 36.0 Å². The standard InChI is InChI=1S/C36H43FN4O5S/c1-36(2,3)40-34(42)25-18-24-19-27(20-25)41(47(5,44)45)17-11-9-7-6-8-10-16-39-30-22-31-29(21-28(24)30)32(35(43)38-4)33(46-31)23-12-14-26(37)15-13-23/h12-15,18-22,39H,6-11,16-17H2,1-5H3,(H,38,43)(H,40,42). The number of nitrogens with zero attached hydrogens (tertiary/aromatic N) is 1. The zero-order valence-electron chi connectivity index (χ0n) is 27.6. The molecule has 4 aromatic rings. The molecule has 1 aliphatic rings. The highest BCUT2D eigenvalue weighted by molar-refractivity contribution is 7.92. The van der Waals surface area contributed by atoms with Gasteiger partial charge in [0.05, 0.1) is 17.5 Å². The van der Waals surface area contributed by atoms with Gasteiger partial charge in [0.2, 0.25) is 10.0 Å². The molecule has 0 atom stereocenters. The molecule has 0 aliphatic carbocycles. The first-order valence-electron chi connectivity index (χ1n) is 16.0. The molecule has 0 saturated heterocycles. The molecular formula is C36H43FN4O5S. The number of sulfonamides is 1. The molecule has 0 unspecified atom stereocenters. The zero-order valence-corrected chi connectivity index (χ0v) is 28.4. The molecule has 0 saturated carbocycles. The fourth-order valence-corrected chi connectivity index (χ4v) is 6.88. The summed E-state index contributed by atoms with van der Waals surface area (Å²) in [7, 11) is -2.16. The number of carbonyl (C=O) groups is 2. The number of furan rings is 1. The summed E-state index contributed by atoms with van der Waals surface area (Å²) >= 11 is 0. The van der Waals surface area contributed by atoms with Gasteiger partial charge in [0.25, 0.3) is 11.8 Å². The van der Waals surface area contributed by atoms with Gasteiger partial charge in [-0.2, -0.15) is 0 Å². The van der Waals surface area contributed by atoms with Crippen LogP contribution in [0.2, 0.25) is 0 Å². The monoisotopic (exact) mass is 662 g/mol. The SMILES string of the molecule is CNC(=O)c1c(-c2ccc(F)cc2)oc2cc3c(cc12)-c1cc(C(=O)NC(C)(C)C)cc(c1)N(S(C)(=O)=O)CCCCCCCCN3. The molecule has 11 heteroatoms. The molecule has 5 rings (SSSR count). The lowest BCUT2D eigenvalue weighted by molar-refractivity contribution is 0.0918. The Morgan fingerprint density at radius 1 is 0.894 bits per heavy atom. The Balaban J connectivity index is 1.80. The Kier molecular flexibility index (Phi) is 9.95. The average molecular weight is 663 g/mol. The number of hydrogen-bond acceptors (Lipinski definition) is 6. The van der Waals surface area contributed by atoms with Crippen molar-refractivity contribution in [1.29, 1.82) is 0 Å². The smallest absolute Gasteiger partial charge is 0.255 e. The molecule has 9 nitrogen and oxygen atoms in total. The second-order valence-electron chi connectivity index (χ2n) is 13.1. The van der Waals surface area contributed by atoms with Gasteiger partial charge in [0.15, 0.2) is 0 Å². The number of halogens is 1. The van der Waals surface area contributed by atoms with E-state index in [0.717, 1.165) is 32.1 Å². The Bertz CT molecular complexity index is 1900. The molecule has 2 amide bonds. The zero-order chi connectivity index (χ0) is 33.9. The van der Waals surface area contributed by atoms with Crippen LogP contribution in [-0.2, 0) is 10.0 Å². The van der Waals surface area contributed by atoms with Crippen molar-refractivity contribution in [3.05, 3.63) is 71.5 Å². The maximum atomic E-state index is 13.8. The summed E-state index contributed by atoms with van der Waals surface area (Å²) in [5.74, 6) is -0.827. The van der Waals surface area contributed by atoms with Crippen LogP contribution in [0.25, 0.3) is 33.4 Å². The molecular weight excluding hydrogens is 619 g/mol. The van der Waals surface area contributed by atoms with Gasteiger partial charge in [-0.25, -0.2) is 12.8 Å². The molecule has 1 aliphatic heterocycles. The van der Waals surface area contributed by atoms with Gasteiger partial charge in [-0.15, -0.1) is 0 Å². The van der Waals surface area contributed by atoms with Gasteiger partial charge in [0.1, 0.15) is 17.2 Å². The topological polar surface area (TPSA) is 121 Å². The third-order valence-electron chi connectivity index (χ3n) is 8.16. The Hall–Kier alpha value is -4.38. The maximum Gasteiger partial charge on any atom is 0.255 e. The van der Waals surface area contributed by atoms with E-state index in [1.54, 1.807) is 30.3 Å². The molecule has 3 N–H and O–H groups in total. The van der Waals surface area contributed by atoms with Crippen molar-refractivity contribution in [3.63, 3.8) is 0 Å². The first-order valence-corrected chi connectivity index (χ1v) is 17.9. The van der Waals surface area contributed by atoms with Crippen molar-refractivity contribution in [2.45, 2.75) is 64.8 Å². The van der Waals surface area contributed by atoms with Crippen LogP contribution in [0.3, 0.4) is 0 Å². The fourth-order valence-electron chi connectivity index (χ4n) is 5.93. The Morgan fingerprint density at radius 3 is 2.23 bits per heavy atom. The van der Waals surface area contributed by atoms with Crippen molar-refractivity contribution in [3.8, 4) is 22.5 Å². The first kappa shape index (κ1) is 34.0. The fraction of sp³-hybridized carbons (Fsp3) is 0.389. The van der Waals surface area contributed by atoms with Crippen molar-refractivity contribution < 1.29 is 26.8 Å². The van der Waals surface area contributed by atoms with Crippen LogP contribution in [0, 0.1) is 5.82 Å². The van der Waals surface area contributed by atoms with Gasteiger partial charge in [-0.05, 0) is 87.7 Å². The predicted octanol–water partition coefficient (Wildman–Crippen LogP) is 7.33. The highest BCUT2D eigenvalue weighted by atomic mass is 32.2. The number of amides is 2. The van der Waals surface area contributed by atoms with Crippen molar-refractivity contribution >= 4 is 44.2 Å². The molecule has 250 valence electrons. The van der Waals surface area contributed by atoms with E-state index in [1.165, 1.54) is 29.7 Å². The molecule has 3 aromatic carbocycles. The summed E-state index contributed by atoms with van der Waals surface area (Å²) in [5, 5.41) is 9.75. The van der Waals surface area contributed by atoms with Crippen LogP contribution in [0.5, 0.6) is 0 Å². The molecule has 0 fully saturated rings. The summed E-state index contributed by atoms with van der Waals surface area (Å²) in [6.07, 6.45) is 6.73. The highest BCUT2D eigenvalue weighted by Gasteiger charge is 2.26. The quantitative estimate of drug-likeness (QED) is 0.211. The first-order chi connectivity index (χ1) is 22.2. The summed E-state index contributed by atoms with van der Waals surface area (Å²) in [6.45, 7) is 6.62. The van der Waals surface area contributed by atoms with E-state index in [0.29, 0.717) is 63.3 Å². The van der Waals surface area contributed by atoms with Gasteiger partial charge < -0.3 is 20.4 Å². The van der Waals surface area contributed by atoms with E-state index in [9.17, 15) is 22.4 Å². The molecule has 2 bridgehead atoms. The maximum absolute atomic E-state index is 13.8. The number of benzene rings is 3. The van der Waals surface area contributed by atoms with Crippen LogP contribution < -0.4 is 20.3 Å².